The third-order valence-corrected chi connectivity index (χ3v) is 1.99. The fourth-order valence-electron chi connectivity index (χ4n) is 1.23. The van der Waals surface area contributed by atoms with Gasteiger partial charge in [0.2, 0.25) is 0 Å². The molecule has 0 aromatic heterocycles. The molecule has 0 unspecified atom stereocenters. The topological polar surface area (TPSA) is 74.6 Å². The van der Waals surface area contributed by atoms with Crippen LogP contribution < -0.4 is 0 Å². The molecule has 0 radical (unpaired) electrons. The van der Waals surface area contributed by atoms with Crippen molar-refractivity contribution in [2.45, 2.75) is 58.3 Å². The van der Waals surface area contributed by atoms with E-state index in [-0.39, 0.29) is 6.47 Å². The summed E-state index contributed by atoms with van der Waals surface area (Å²) in [4.78, 5) is 18.5. The number of hydrogen-bond acceptors (Lipinski definition) is 2. The molecule has 0 saturated heterocycles. The normalized spacial score (nSPS) is 8.87. The van der Waals surface area contributed by atoms with Crippen molar-refractivity contribution < 1.29 is 19.8 Å². The van der Waals surface area contributed by atoms with Crippen LogP contribution in [0.5, 0.6) is 0 Å². The van der Waals surface area contributed by atoms with Crippen molar-refractivity contribution in [1.29, 1.82) is 0 Å². The molecule has 4 heteroatoms. The molecule has 0 amide bonds. The summed E-state index contributed by atoms with van der Waals surface area (Å²) >= 11 is 0. The number of carboxylic acids is 1. The molecule has 15 heavy (non-hydrogen) atoms. The minimum absolute atomic E-state index is 0.250. The van der Waals surface area contributed by atoms with Gasteiger partial charge < -0.3 is 10.2 Å². The Kier molecular flexibility index (Phi) is 16.8. The van der Waals surface area contributed by atoms with Crippen LogP contribution in [0.4, 0.5) is 0 Å². The van der Waals surface area contributed by atoms with Gasteiger partial charge in [-0.3, -0.25) is 9.59 Å². The zero-order chi connectivity index (χ0) is 11.9. The van der Waals surface area contributed by atoms with Crippen molar-refractivity contribution in [2.75, 3.05) is 0 Å². The highest BCUT2D eigenvalue weighted by Gasteiger charge is 1.95. The van der Waals surface area contributed by atoms with Crippen molar-refractivity contribution >= 4 is 12.4 Å². The van der Waals surface area contributed by atoms with Crippen LogP contribution in [0.2, 0.25) is 0 Å². The van der Waals surface area contributed by atoms with Crippen molar-refractivity contribution in [1.82, 2.24) is 0 Å². The Morgan fingerprint density at radius 1 is 1.07 bits per heavy atom. The molecule has 0 aromatic carbocycles. The second kappa shape index (κ2) is 15.4. The Balaban J connectivity index is 0. The van der Waals surface area contributed by atoms with Gasteiger partial charge in [-0.25, -0.2) is 0 Å². The Morgan fingerprint density at radius 2 is 1.47 bits per heavy atom. The molecule has 0 heterocycles. The molecule has 0 saturated carbocycles. The van der Waals surface area contributed by atoms with Crippen LogP contribution in [-0.4, -0.2) is 22.7 Å². The van der Waals surface area contributed by atoms with Crippen molar-refractivity contribution in [3.05, 3.63) is 0 Å². The third-order valence-electron chi connectivity index (χ3n) is 1.99. The second-order valence-corrected chi connectivity index (χ2v) is 3.37. The maximum atomic E-state index is 10.1. The number of carbonyl (C=O) groups is 2. The summed E-state index contributed by atoms with van der Waals surface area (Å²) in [7, 11) is 0. The van der Waals surface area contributed by atoms with Gasteiger partial charge in [-0.05, 0) is 6.42 Å². The molecule has 0 aromatic rings. The van der Waals surface area contributed by atoms with Crippen LogP contribution in [0.3, 0.4) is 0 Å². The lowest BCUT2D eigenvalue weighted by Crippen LogP contribution is -1.93. The van der Waals surface area contributed by atoms with Gasteiger partial charge in [0.25, 0.3) is 6.47 Å². The molecule has 0 aliphatic carbocycles. The van der Waals surface area contributed by atoms with Gasteiger partial charge in [0.05, 0.1) is 0 Å². The molecule has 90 valence electrons. The minimum atomic E-state index is -0.663. The number of aliphatic carboxylic acids is 1. The highest BCUT2D eigenvalue weighted by Crippen LogP contribution is 2.07. The summed E-state index contributed by atoms with van der Waals surface area (Å²) < 4.78 is 0. The van der Waals surface area contributed by atoms with E-state index in [1.807, 2.05) is 0 Å². The van der Waals surface area contributed by atoms with Crippen LogP contribution in [0.1, 0.15) is 58.3 Å². The largest absolute Gasteiger partial charge is 0.483 e. The van der Waals surface area contributed by atoms with E-state index in [0.29, 0.717) is 6.42 Å². The van der Waals surface area contributed by atoms with Crippen LogP contribution in [0.25, 0.3) is 0 Å². The lowest BCUT2D eigenvalue weighted by Gasteiger charge is -1.98. The second-order valence-electron chi connectivity index (χ2n) is 3.37. The Hall–Kier alpha value is -1.06. The van der Waals surface area contributed by atoms with Crippen LogP contribution in [0.15, 0.2) is 0 Å². The summed E-state index contributed by atoms with van der Waals surface area (Å²) in [6.45, 7) is 1.95. The zero-order valence-corrected chi connectivity index (χ0v) is 9.45. The van der Waals surface area contributed by atoms with Crippen LogP contribution >= 0.6 is 0 Å². The first-order valence-corrected chi connectivity index (χ1v) is 5.48. The van der Waals surface area contributed by atoms with E-state index in [1.165, 1.54) is 32.1 Å². The fraction of sp³-hybridized carbons (Fsp3) is 0.818. The van der Waals surface area contributed by atoms with Gasteiger partial charge in [-0.2, -0.15) is 0 Å². The standard InChI is InChI=1S/C10H20O2.CH2O2/c1-2-3-4-5-6-7-8-9-10(11)12;2-1-3/h2-9H2,1H3,(H,11,12);1H,(H,2,3). The highest BCUT2D eigenvalue weighted by molar-refractivity contribution is 5.66. The monoisotopic (exact) mass is 218 g/mol. The lowest BCUT2D eigenvalue weighted by molar-refractivity contribution is -0.137. The highest BCUT2D eigenvalue weighted by atomic mass is 16.4. The summed E-state index contributed by atoms with van der Waals surface area (Å²) in [6, 6.07) is 0. The van der Waals surface area contributed by atoms with Crippen molar-refractivity contribution in [2.24, 2.45) is 0 Å². The molecule has 0 aliphatic rings. The minimum Gasteiger partial charge on any atom is -0.483 e. The zero-order valence-electron chi connectivity index (χ0n) is 9.45. The number of rotatable bonds is 8. The summed E-state index contributed by atoms with van der Waals surface area (Å²) in [5.41, 5.74) is 0. The fourth-order valence-corrected chi connectivity index (χ4v) is 1.23. The molecule has 0 aliphatic heterocycles. The summed E-state index contributed by atoms with van der Waals surface area (Å²) in [5, 5.41) is 15.2. The maximum absolute atomic E-state index is 10.1. The number of unbranched alkanes of at least 4 members (excludes halogenated alkanes) is 6. The van der Waals surface area contributed by atoms with Gasteiger partial charge in [0.15, 0.2) is 0 Å². The average Bonchev–Trinajstić information content (AvgIpc) is 2.17. The van der Waals surface area contributed by atoms with Gasteiger partial charge in [0.1, 0.15) is 0 Å². The number of hydrogen-bond donors (Lipinski definition) is 2. The third kappa shape index (κ3) is 24.6. The first-order chi connectivity index (χ1) is 7.18. The van der Waals surface area contributed by atoms with Crippen molar-refractivity contribution in [3.63, 3.8) is 0 Å². The summed E-state index contributed by atoms with van der Waals surface area (Å²) in [6.07, 6.45) is 8.64. The van der Waals surface area contributed by atoms with E-state index in [2.05, 4.69) is 6.92 Å². The average molecular weight is 218 g/mol. The molecular formula is C11H22O4. The molecular weight excluding hydrogens is 196 g/mol. The maximum Gasteiger partial charge on any atom is 0.303 e. The molecule has 0 spiro atoms. The number of carboxylic acid groups (broad SMARTS) is 2. The first-order valence-electron chi connectivity index (χ1n) is 5.48. The van der Waals surface area contributed by atoms with Crippen LogP contribution in [-0.2, 0) is 9.59 Å². The lowest BCUT2D eigenvalue weighted by atomic mass is 10.1. The van der Waals surface area contributed by atoms with E-state index in [1.54, 1.807) is 0 Å². The van der Waals surface area contributed by atoms with Crippen LogP contribution in [0, 0.1) is 0 Å². The molecule has 0 bridgehead atoms. The molecule has 0 fully saturated rings. The summed E-state index contributed by atoms with van der Waals surface area (Å²) in [5.74, 6) is -0.663. The first kappa shape index (κ1) is 16.4. The van der Waals surface area contributed by atoms with E-state index in [4.69, 9.17) is 15.0 Å². The molecule has 4 nitrogen and oxygen atoms in total. The quantitative estimate of drug-likeness (QED) is 0.485. The van der Waals surface area contributed by atoms with E-state index < -0.39 is 5.97 Å². The Bertz CT molecular complexity index is 146. The Morgan fingerprint density at radius 3 is 1.87 bits per heavy atom. The Labute approximate surface area is 91.3 Å². The van der Waals surface area contributed by atoms with E-state index in [0.717, 1.165) is 12.8 Å². The van der Waals surface area contributed by atoms with Gasteiger partial charge in [0, 0.05) is 6.42 Å². The van der Waals surface area contributed by atoms with E-state index in [9.17, 15) is 4.79 Å². The van der Waals surface area contributed by atoms with Crippen molar-refractivity contribution in [3.8, 4) is 0 Å². The van der Waals surface area contributed by atoms with Gasteiger partial charge >= 0.3 is 5.97 Å². The smallest absolute Gasteiger partial charge is 0.303 e. The molecule has 0 atom stereocenters. The van der Waals surface area contributed by atoms with Gasteiger partial charge in [-0.1, -0.05) is 45.4 Å². The predicted molar refractivity (Wildman–Crippen MR) is 58.9 cm³/mol. The van der Waals surface area contributed by atoms with E-state index >= 15 is 0 Å². The SMILES string of the molecule is CCCCCCCCCC(=O)O.O=CO. The molecule has 2 N–H and O–H groups in total. The van der Waals surface area contributed by atoms with Gasteiger partial charge in [-0.15, -0.1) is 0 Å². The molecule has 0 rings (SSSR count). The predicted octanol–water partition coefficient (Wildman–Crippen LogP) is 2.91.